The average Bonchev–Trinajstić information content (AvgIpc) is 2.57. The number of rotatable bonds is 7. The summed E-state index contributed by atoms with van der Waals surface area (Å²) in [6.45, 7) is 2.90. The molecule has 4 amide bonds. The summed E-state index contributed by atoms with van der Waals surface area (Å²) in [5.41, 5.74) is -0.974. The van der Waals surface area contributed by atoms with E-state index in [-0.39, 0.29) is 19.5 Å². The van der Waals surface area contributed by atoms with Gasteiger partial charge >= 0.3 is 12.0 Å². The fraction of sp³-hybridized carbons (Fsp3) is 0.667. The topological polar surface area (TPSA) is 125 Å². The first-order valence-corrected chi connectivity index (χ1v) is 6.35. The van der Waals surface area contributed by atoms with Crippen molar-refractivity contribution in [3.63, 3.8) is 0 Å². The first-order chi connectivity index (χ1) is 9.69. The highest BCUT2D eigenvalue weighted by atomic mass is 16.5. The third-order valence-electron chi connectivity index (χ3n) is 3.05. The lowest BCUT2D eigenvalue weighted by atomic mass is 10.1. The quantitative estimate of drug-likeness (QED) is 0.514. The largest absolute Gasteiger partial charge is 0.479 e. The number of nitrogens with one attached hydrogen (secondary N) is 2. The number of carboxylic acid groups (broad SMARTS) is 1. The van der Waals surface area contributed by atoms with Crippen molar-refractivity contribution in [3.8, 4) is 0 Å². The van der Waals surface area contributed by atoms with Gasteiger partial charge in [-0.25, -0.2) is 9.59 Å². The Kier molecular flexibility index (Phi) is 5.25. The summed E-state index contributed by atoms with van der Waals surface area (Å²) >= 11 is 0. The summed E-state index contributed by atoms with van der Waals surface area (Å²) in [5, 5.41) is 13.6. The minimum atomic E-state index is -1.19. The van der Waals surface area contributed by atoms with Gasteiger partial charge in [-0.2, -0.15) is 0 Å². The number of hydrogen-bond acceptors (Lipinski definition) is 5. The van der Waals surface area contributed by atoms with Crippen LogP contribution in [0.15, 0.2) is 0 Å². The number of amides is 4. The Morgan fingerprint density at radius 1 is 1.43 bits per heavy atom. The van der Waals surface area contributed by atoms with Gasteiger partial charge in [0.25, 0.3) is 5.91 Å². The van der Waals surface area contributed by atoms with Crippen molar-refractivity contribution in [2.45, 2.75) is 31.9 Å². The van der Waals surface area contributed by atoms with Gasteiger partial charge < -0.3 is 20.5 Å². The number of methoxy groups -OCH3 is 1. The molecule has 1 saturated heterocycles. The number of ether oxygens (including phenoxy) is 1. The number of urea groups is 1. The smallest absolute Gasteiger partial charge is 0.334 e. The summed E-state index contributed by atoms with van der Waals surface area (Å²) in [6.07, 6.45) is -1.24. The summed E-state index contributed by atoms with van der Waals surface area (Å²) in [5.74, 6) is -2.06. The lowest BCUT2D eigenvalue weighted by Crippen LogP contribution is -2.41. The van der Waals surface area contributed by atoms with Crippen molar-refractivity contribution in [1.82, 2.24) is 15.5 Å². The van der Waals surface area contributed by atoms with Gasteiger partial charge in [-0.1, -0.05) is 0 Å². The van der Waals surface area contributed by atoms with E-state index in [0.717, 1.165) is 4.90 Å². The maximum Gasteiger partial charge on any atom is 0.334 e. The number of carbonyl (C=O) groups excluding carboxylic acids is 3. The summed E-state index contributed by atoms with van der Waals surface area (Å²) in [7, 11) is 1.22. The fourth-order valence-electron chi connectivity index (χ4n) is 1.80. The highest BCUT2D eigenvalue weighted by Gasteiger charge is 2.43. The maximum atomic E-state index is 11.9. The predicted molar refractivity (Wildman–Crippen MR) is 70.4 cm³/mol. The van der Waals surface area contributed by atoms with E-state index < -0.39 is 35.5 Å². The molecule has 21 heavy (non-hydrogen) atoms. The van der Waals surface area contributed by atoms with Gasteiger partial charge in [-0.15, -0.1) is 0 Å². The zero-order chi connectivity index (χ0) is 16.2. The molecule has 1 aliphatic rings. The van der Waals surface area contributed by atoms with Crippen LogP contribution in [0.3, 0.4) is 0 Å². The van der Waals surface area contributed by atoms with E-state index in [0.29, 0.717) is 0 Å². The van der Waals surface area contributed by atoms with Crippen LogP contribution >= 0.6 is 0 Å². The van der Waals surface area contributed by atoms with Crippen molar-refractivity contribution >= 4 is 23.8 Å². The van der Waals surface area contributed by atoms with Gasteiger partial charge in [0, 0.05) is 20.1 Å². The molecule has 0 aliphatic carbocycles. The minimum Gasteiger partial charge on any atom is -0.479 e. The van der Waals surface area contributed by atoms with Gasteiger partial charge in [0.2, 0.25) is 5.91 Å². The minimum absolute atomic E-state index is 0.0648. The third kappa shape index (κ3) is 4.15. The van der Waals surface area contributed by atoms with E-state index in [1.54, 1.807) is 13.8 Å². The molecule has 0 aromatic heterocycles. The molecule has 9 heteroatoms. The summed E-state index contributed by atoms with van der Waals surface area (Å²) < 4.78 is 4.66. The summed E-state index contributed by atoms with van der Waals surface area (Å²) in [4.78, 5) is 46.7. The van der Waals surface area contributed by atoms with Crippen LogP contribution in [0.5, 0.6) is 0 Å². The Bertz CT molecular complexity index is 462. The van der Waals surface area contributed by atoms with E-state index >= 15 is 0 Å². The monoisotopic (exact) mass is 301 g/mol. The van der Waals surface area contributed by atoms with Crippen LogP contribution in [0.1, 0.15) is 20.3 Å². The van der Waals surface area contributed by atoms with Crippen molar-refractivity contribution < 1.29 is 29.0 Å². The molecule has 1 rings (SSSR count). The molecular formula is C12H19N3O6. The van der Waals surface area contributed by atoms with Crippen molar-refractivity contribution in [3.05, 3.63) is 0 Å². The molecule has 1 fully saturated rings. The zero-order valence-corrected chi connectivity index (χ0v) is 12.1. The second-order valence-corrected chi connectivity index (χ2v) is 5.13. The van der Waals surface area contributed by atoms with Gasteiger partial charge in [0.15, 0.2) is 6.10 Å². The predicted octanol–water partition coefficient (Wildman–Crippen LogP) is -1.08. The van der Waals surface area contributed by atoms with E-state index in [4.69, 9.17) is 5.11 Å². The Morgan fingerprint density at radius 3 is 2.48 bits per heavy atom. The van der Waals surface area contributed by atoms with Crippen LogP contribution in [0, 0.1) is 0 Å². The van der Waals surface area contributed by atoms with Crippen LogP contribution in [-0.4, -0.2) is 65.7 Å². The van der Waals surface area contributed by atoms with Crippen molar-refractivity contribution in [2.75, 3.05) is 20.2 Å². The fourth-order valence-corrected chi connectivity index (χ4v) is 1.80. The molecule has 118 valence electrons. The Hall–Kier alpha value is -2.16. The number of carboxylic acids is 1. The van der Waals surface area contributed by atoms with Crippen LogP contribution in [-0.2, 0) is 19.1 Å². The second-order valence-electron chi connectivity index (χ2n) is 5.13. The molecule has 0 radical (unpaired) electrons. The SMILES string of the molecule is COC(CNC(=O)CCN1C(=O)NC(C)(C)C1=O)C(=O)O. The molecule has 1 heterocycles. The Labute approximate surface area is 121 Å². The summed E-state index contributed by atoms with van der Waals surface area (Å²) in [6, 6.07) is -0.543. The van der Waals surface area contributed by atoms with Gasteiger partial charge in [-0.05, 0) is 13.8 Å². The normalized spacial score (nSPS) is 18.3. The highest BCUT2D eigenvalue weighted by molar-refractivity contribution is 6.06. The lowest BCUT2D eigenvalue weighted by molar-refractivity contribution is -0.148. The van der Waals surface area contributed by atoms with Gasteiger partial charge in [0.1, 0.15) is 5.54 Å². The molecule has 1 aliphatic heterocycles. The molecule has 0 spiro atoms. The maximum absolute atomic E-state index is 11.9. The lowest BCUT2D eigenvalue weighted by Gasteiger charge is -2.16. The zero-order valence-electron chi connectivity index (χ0n) is 12.1. The molecular weight excluding hydrogens is 282 g/mol. The van der Waals surface area contributed by atoms with Crippen molar-refractivity contribution in [1.29, 1.82) is 0 Å². The van der Waals surface area contributed by atoms with Gasteiger partial charge in [-0.3, -0.25) is 14.5 Å². The molecule has 0 saturated carbocycles. The molecule has 3 N–H and O–H groups in total. The number of carbonyl (C=O) groups is 4. The van der Waals surface area contributed by atoms with E-state index in [1.165, 1.54) is 7.11 Å². The Balaban J connectivity index is 2.42. The molecule has 1 atom stereocenters. The van der Waals surface area contributed by atoms with Crippen molar-refractivity contribution in [2.24, 2.45) is 0 Å². The van der Waals surface area contributed by atoms with Crippen LogP contribution in [0.25, 0.3) is 0 Å². The van der Waals surface area contributed by atoms with Gasteiger partial charge in [0.05, 0.1) is 6.54 Å². The number of hydrogen-bond donors (Lipinski definition) is 3. The van der Waals surface area contributed by atoms with Crippen LogP contribution < -0.4 is 10.6 Å². The van der Waals surface area contributed by atoms with E-state index in [2.05, 4.69) is 15.4 Å². The molecule has 0 bridgehead atoms. The number of aliphatic carboxylic acids is 1. The molecule has 0 aromatic rings. The highest BCUT2D eigenvalue weighted by Crippen LogP contribution is 2.16. The number of imide groups is 1. The average molecular weight is 301 g/mol. The first kappa shape index (κ1) is 16.9. The van der Waals surface area contributed by atoms with E-state index in [9.17, 15) is 19.2 Å². The first-order valence-electron chi connectivity index (χ1n) is 6.35. The second kappa shape index (κ2) is 6.53. The molecule has 1 unspecified atom stereocenters. The Morgan fingerprint density at radius 2 is 2.05 bits per heavy atom. The molecule has 0 aromatic carbocycles. The number of nitrogens with zero attached hydrogens (tertiary/aromatic N) is 1. The standard InChI is InChI=1S/C12H19N3O6/c1-12(2)10(19)15(11(20)14-12)5-4-8(16)13-6-7(21-3)9(17)18/h7H,4-6H2,1-3H3,(H,13,16)(H,14,20)(H,17,18). The third-order valence-corrected chi connectivity index (χ3v) is 3.05. The van der Waals surface area contributed by atoms with Crippen LogP contribution in [0.2, 0.25) is 0 Å². The van der Waals surface area contributed by atoms with E-state index in [1.807, 2.05) is 0 Å². The molecule has 9 nitrogen and oxygen atoms in total. The van der Waals surface area contributed by atoms with Crippen LogP contribution in [0.4, 0.5) is 4.79 Å².